The molecule has 0 aromatic carbocycles. The highest BCUT2D eigenvalue weighted by Crippen LogP contribution is 2.13. The van der Waals surface area contributed by atoms with Crippen molar-refractivity contribution in [1.29, 1.82) is 0 Å². The first kappa shape index (κ1) is 14.9. The van der Waals surface area contributed by atoms with Crippen molar-refractivity contribution in [3.8, 4) is 0 Å². The molecular formula is C14H25N3O. The fraction of sp³-hybridized carbons (Fsp3) is 0.714. The van der Waals surface area contributed by atoms with Crippen LogP contribution < -0.4 is 5.32 Å². The van der Waals surface area contributed by atoms with E-state index in [1.54, 1.807) is 6.33 Å². The summed E-state index contributed by atoms with van der Waals surface area (Å²) < 4.78 is 5.50. The first-order chi connectivity index (χ1) is 8.74. The Hall–Kier alpha value is -1.16. The van der Waals surface area contributed by atoms with E-state index in [0.717, 1.165) is 44.1 Å². The monoisotopic (exact) mass is 251 g/mol. The highest BCUT2D eigenvalue weighted by molar-refractivity contribution is 5.35. The molecular weight excluding hydrogens is 226 g/mol. The van der Waals surface area contributed by atoms with E-state index in [0.29, 0.717) is 5.92 Å². The summed E-state index contributed by atoms with van der Waals surface area (Å²) in [5, 5.41) is 3.30. The molecule has 18 heavy (non-hydrogen) atoms. The normalized spacial score (nSPS) is 10.9. The van der Waals surface area contributed by atoms with Crippen molar-refractivity contribution in [2.45, 2.75) is 46.0 Å². The molecule has 0 aliphatic heterocycles. The second-order valence-corrected chi connectivity index (χ2v) is 4.73. The molecule has 4 nitrogen and oxygen atoms in total. The molecule has 1 N–H and O–H groups in total. The lowest BCUT2D eigenvalue weighted by atomic mass is 10.1. The molecule has 0 atom stereocenters. The van der Waals surface area contributed by atoms with Gasteiger partial charge in [-0.3, -0.25) is 0 Å². The van der Waals surface area contributed by atoms with Crippen LogP contribution in [0.25, 0.3) is 0 Å². The lowest BCUT2D eigenvalue weighted by molar-refractivity contribution is 0.131. The second-order valence-electron chi connectivity index (χ2n) is 4.73. The first-order valence-electron chi connectivity index (χ1n) is 6.87. The lowest BCUT2D eigenvalue weighted by Crippen LogP contribution is -2.08. The maximum absolute atomic E-state index is 5.50. The van der Waals surface area contributed by atoms with Crippen molar-refractivity contribution in [3.63, 3.8) is 0 Å². The Morgan fingerprint density at radius 3 is 2.72 bits per heavy atom. The van der Waals surface area contributed by atoms with Gasteiger partial charge in [-0.15, -0.1) is 0 Å². The van der Waals surface area contributed by atoms with E-state index in [4.69, 9.17) is 4.74 Å². The molecule has 102 valence electrons. The van der Waals surface area contributed by atoms with E-state index in [2.05, 4.69) is 36.1 Å². The quantitative estimate of drug-likeness (QED) is 0.685. The van der Waals surface area contributed by atoms with Crippen LogP contribution in [0, 0.1) is 0 Å². The number of hydrogen-bond acceptors (Lipinski definition) is 4. The van der Waals surface area contributed by atoms with Gasteiger partial charge in [0.15, 0.2) is 0 Å². The van der Waals surface area contributed by atoms with Crippen molar-refractivity contribution < 1.29 is 4.74 Å². The van der Waals surface area contributed by atoms with Gasteiger partial charge in [-0.05, 0) is 18.8 Å². The largest absolute Gasteiger partial charge is 0.381 e. The smallest absolute Gasteiger partial charge is 0.129 e. The highest BCUT2D eigenvalue weighted by atomic mass is 16.5. The van der Waals surface area contributed by atoms with E-state index in [9.17, 15) is 0 Å². The summed E-state index contributed by atoms with van der Waals surface area (Å²) in [6.45, 7) is 9.02. The number of nitrogens with zero attached hydrogens (tertiary/aromatic N) is 2. The van der Waals surface area contributed by atoms with Gasteiger partial charge in [0.25, 0.3) is 0 Å². The van der Waals surface area contributed by atoms with Crippen LogP contribution in [0.5, 0.6) is 0 Å². The molecule has 0 saturated carbocycles. The Kier molecular flexibility index (Phi) is 7.34. The second kappa shape index (κ2) is 8.86. The molecule has 1 aromatic heterocycles. The Balaban J connectivity index is 2.17. The molecule has 0 radical (unpaired) electrons. The minimum Gasteiger partial charge on any atom is -0.381 e. The molecule has 0 spiro atoms. The fourth-order valence-electron chi connectivity index (χ4n) is 1.52. The van der Waals surface area contributed by atoms with E-state index >= 15 is 0 Å². The zero-order chi connectivity index (χ0) is 13.2. The predicted octanol–water partition coefficient (Wildman–Crippen LogP) is 3.22. The van der Waals surface area contributed by atoms with Crippen LogP contribution in [0.2, 0.25) is 0 Å². The number of hydrogen-bond donors (Lipinski definition) is 1. The van der Waals surface area contributed by atoms with Crippen molar-refractivity contribution >= 4 is 5.82 Å². The Labute approximate surface area is 110 Å². The van der Waals surface area contributed by atoms with Crippen LogP contribution in [0.1, 0.15) is 51.6 Å². The van der Waals surface area contributed by atoms with Crippen LogP contribution >= 0.6 is 0 Å². The summed E-state index contributed by atoms with van der Waals surface area (Å²) in [4.78, 5) is 8.45. The van der Waals surface area contributed by atoms with Crippen LogP contribution in [-0.2, 0) is 4.74 Å². The van der Waals surface area contributed by atoms with Crippen LogP contribution in [0.15, 0.2) is 12.4 Å². The Morgan fingerprint density at radius 1 is 1.22 bits per heavy atom. The van der Waals surface area contributed by atoms with Crippen LogP contribution in [0.3, 0.4) is 0 Å². The standard InChI is InChI=1S/C14H25N3O/c1-4-5-8-18-9-6-7-15-14-10-13(12(2)3)16-11-17-14/h10-12H,4-9H2,1-3H3,(H,15,16,17). The molecule has 4 heteroatoms. The number of unbranched alkanes of at least 4 members (excludes halogenated alkanes) is 1. The molecule has 0 amide bonds. The molecule has 1 aromatic rings. The van der Waals surface area contributed by atoms with E-state index in [1.165, 1.54) is 6.42 Å². The predicted molar refractivity (Wildman–Crippen MR) is 75.0 cm³/mol. The minimum atomic E-state index is 0.436. The molecule has 1 rings (SSSR count). The molecule has 0 fully saturated rings. The third kappa shape index (κ3) is 5.96. The zero-order valence-electron chi connectivity index (χ0n) is 11.8. The third-order valence-corrected chi connectivity index (χ3v) is 2.69. The number of anilines is 1. The third-order valence-electron chi connectivity index (χ3n) is 2.69. The van der Waals surface area contributed by atoms with Gasteiger partial charge in [-0.25, -0.2) is 9.97 Å². The zero-order valence-corrected chi connectivity index (χ0v) is 11.8. The first-order valence-corrected chi connectivity index (χ1v) is 6.87. The average molecular weight is 251 g/mol. The van der Waals surface area contributed by atoms with E-state index in [1.807, 2.05) is 6.07 Å². The van der Waals surface area contributed by atoms with Gasteiger partial charge in [0.05, 0.1) is 0 Å². The van der Waals surface area contributed by atoms with Crippen molar-refractivity contribution in [2.24, 2.45) is 0 Å². The molecule has 0 unspecified atom stereocenters. The number of nitrogens with one attached hydrogen (secondary N) is 1. The van der Waals surface area contributed by atoms with Gasteiger partial charge in [0, 0.05) is 31.5 Å². The molecule has 1 heterocycles. The van der Waals surface area contributed by atoms with Crippen molar-refractivity contribution in [1.82, 2.24) is 9.97 Å². The van der Waals surface area contributed by atoms with Crippen LogP contribution in [-0.4, -0.2) is 29.7 Å². The maximum atomic E-state index is 5.50. The Morgan fingerprint density at radius 2 is 2.00 bits per heavy atom. The topological polar surface area (TPSA) is 47.0 Å². The van der Waals surface area contributed by atoms with Crippen LogP contribution in [0.4, 0.5) is 5.82 Å². The summed E-state index contributed by atoms with van der Waals surface area (Å²) in [5.41, 5.74) is 1.08. The number of rotatable bonds is 9. The van der Waals surface area contributed by atoms with Gasteiger partial charge in [-0.2, -0.15) is 0 Å². The van der Waals surface area contributed by atoms with Gasteiger partial charge >= 0.3 is 0 Å². The minimum absolute atomic E-state index is 0.436. The molecule has 0 aliphatic carbocycles. The van der Waals surface area contributed by atoms with Gasteiger partial charge in [0.2, 0.25) is 0 Å². The summed E-state index contributed by atoms with van der Waals surface area (Å²) in [6, 6.07) is 2.02. The summed E-state index contributed by atoms with van der Waals surface area (Å²) in [6.07, 6.45) is 4.97. The molecule has 0 aliphatic rings. The summed E-state index contributed by atoms with van der Waals surface area (Å²) in [7, 11) is 0. The van der Waals surface area contributed by atoms with E-state index < -0.39 is 0 Å². The van der Waals surface area contributed by atoms with Crippen molar-refractivity contribution in [3.05, 3.63) is 18.1 Å². The lowest BCUT2D eigenvalue weighted by Gasteiger charge is -2.08. The van der Waals surface area contributed by atoms with Gasteiger partial charge in [-0.1, -0.05) is 27.2 Å². The van der Waals surface area contributed by atoms with E-state index in [-0.39, 0.29) is 0 Å². The van der Waals surface area contributed by atoms with Crippen molar-refractivity contribution in [2.75, 3.05) is 25.1 Å². The van der Waals surface area contributed by atoms with Gasteiger partial charge in [0.1, 0.15) is 12.1 Å². The summed E-state index contributed by atoms with van der Waals surface area (Å²) in [5.74, 6) is 1.34. The van der Waals surface area contributed by atoms with Gasteiger partial charge < -0.3 is 10.1 Å². The number of ether oxygens (including phenoxy) is 1. The molecule has 0 bridgehead atoms. The average Bonchev–Trinajstić information content (AvgIpc) is 2.38. The molecule has 0 saturated heterocycles. The Bertz CT molecular complexity index is 329. The highest BCUT2D eigenvalue weighted by Gasteiger charge is 2.02. The number of aromatic nitrogens is 2. The maximum Gasteiger partial charge on any atom is 0.129 e. The fourth-order valence-corrected chi connectivity index (χ4v) is 1.52. The SMILES string of the molecule is CCCCOCCCNc1cc(C(C)C)ncn1. The summed E-state index contributed by atoms with van der Waals surface area (Å²) >= 11 is 0.